The van der Waals surface area contributed by atoms with E-state index in [9.17, 15) is 14.0 Å². The Hall–Kier alpha value is -2.91. The highest BCUT2D eigenvalue weighted by Crippen LogP contribution is 2.13. The van der Waals surface area contributed by atoms with E-state index in [-0.39, 0.29) is 21.7 Å². The summed E-state index contributed by atoms with van der Waals surface area (Å²) in [5.74, 6) is -1.53. The summed E-state index contributed by atoms with van der Waals surface area (Å²) in [4.78, 5) is 22.9. The molecule has 2 amide bonds. The maximum atomic E-state index is 13.6. The molecule has 0 saturated heterocycles. The van der Waals surface area contributed by atoms with Crippen molar-refractivity contribution in [3.63, 3.8) is 0 Å². The molecule has 2 aromatic rings. The van der Waals surface area contributed by atoms with E-state index in [1.807, 2.05) is 0 Å². The molecule has 0 aliphatic carbocycles. The lowest BCUT2D eigenvalue weighted by molar-refractivity contribution is -0.117. The number of hydrogen-bond donors (Lipinski definition) is 4. The lowest BCUT2D eigenvalue weighted by Gasteiger charge is -2.11. The number of nitrogens with one attached hydrogen (secondary N) is 4. The molecule has 0 saturated carbocycles. The maximum Gasteiger partial charge on any atom is 0.260 e. The molecule has 0 aliphatic rings. The van der Waals surface area contributed by atoms with Crippen LogP contribution in [0.15, 0.2) is 48.5 Å². The van der Waals surface area contributed by atoms with Gasteiger partial charge in [-0.1, -0.05) is 12.1 Å². The molecule has 0 heterocycles. The van der Waals surface area contributed by atoms with Crippen LogP contribution < -0.4 is 21.3 Å². The third-order valence-corrected chi connectivity index (χ3v) is 3.44. The van der Waals surface area contributed by atoms with E-state index in [1.54, 1.807) is 30.3 Å². The van der Waals surface area contributed by atoms with Crippen LogP contribution in [-0.4, -0.2) is 22.0 Å². The third-order valence-electron chi connectivity index (χ3n) is 3.04. The van der Waals surface area contributed by atoms with Crippen molar-refractivity contribution in [2.45, 2.75) is 6.92 Å². The van der Waals surface area contributed by atoms with Crippen LogP contribution in [0.25, 0.3) is 0 Å². The van der Waals surface area contributed by atoms with Gasteiger partial charge in [-0.2, -0.15) is 0 Å². The average Bonchev–Trinajstić information content (AvgIpc) is 2.56. The Morgan fingerprint density at radius 1 is 0.846 bits per heavy atom. The van der Waals surface area contributed by atoms with Gasteiger partial charge in [-0.05, 0) is 60.8 Å². The smallest absolute Gasteiger partial charge is 0.260 e. The van der Waals surface area contributed by atoms with E-state index in [0.717, 1.165) is 0 Å². The largest absolute Gasteiger partial charge is 0.332 e. The molecule has 0 fully saturated rings. The summed E-state index contributed by atoms with van der Waals surface area (Å²) in [5.41, 5.74) is 1.18. The fraction of sp³-hybridized carbons (Fsp3) is 0.0588. The summed E-state index contributed by atoms with van der Waals surface area (Å²) >= 11 is 10.0. The Balaban J connectivity index is 1.91. The Morgan fingerprint density at radius 3 is 1.85 bits per heavy atom. The highest BCUT2D eigenvalue weighted by molar-refractivity contribution is 7.80. The summed E-state index contributed by atoms with van der Waals surface area (Å²) in [7, 11) is 0. The Kier molecular flexibility index (Phi) is 6.70. The zero-order valence-corrected chi connectivity index (χ0v) is 15.3. The molecule has 0 aliphatic heterocycles. The minimum Gasteiger partial charge on any atom is -0.332 e. The minimum atomic E-state index is -0.639. The summed E-state index contributed by atoms with van der Waals surface area (Å²) in [6.07, 6.45) is 0. The standard InChI is InChI=1S/C17H15FN4O2S2/c1-10(23)19-16(25)20-11-6-8-12(9-7-11)21-17(26)22-15(24)13-4-2-3-5-14(13)18/h2-9H,1H3,(H2,19,20,23,25)(H2,21,22,24,26). The molecular weight excluding hydrogens is 375 g/mol. The number of hydrogen-bond acceptors (Lipinski definition) is 4. The molecular formula is C17H15FN4O2S2. The SMILES string of the molecule is CC(=O)NC(=S)Nc1ccc(NC(=S)NC(=O)c2ccccc2F)cc1. The molecule has 134 valence electrons. The molecule has 0 radical (unpaired) electrons. The summed E-state index contributed by atoms with van der Waals surface area (Å²) < 4.78 is 13.6. The van der Waals surface area contributed by atoms with Gasteiger partial charge in [0, 0.05) is 18.3 Å². The number of carbonyl (C=O) groups is 2. The van der Waals surface area contributed by atoms with Gasteiger partial charge in [-0.15, -0.1) is 0 Å². The first-order valence-electron chi connectivity index (χ1n) is 7.40. The molecule has 6 nitrogen and oxygen atoms in total. The van der Waals surface area contributed by atoms with Gasteiger partial charge in [0.15, 0.2) is 10.2 Å². The molecule has 0 spiro atoms. The third kappa shape index (κ3) is 5.87. The highest BCUT2D eigenvalue weighted by atomic mass is 32.1. The van der Waals surface area contributed by atoms with Gasteiger partial charge in [0.2, 0.25) is 5.91 Å². The quantitative estimate of drug-likeness (QED) is 0.604. The Morgan fingerprint density at radius 2 is 1.35 bits per heavy atom. The first-order chi connectivity index (χ1) is 12.3. The zero-order chi connectivity index (χ0) is 19.1. The van der Waals surface area contributed by atoms with Crippen molar-refractivity contribution in [3.8, 4) is 0 Å². The maximum absolute atomic E-state index is 13.6. The number of halogens is 1. The molecule has 0 aromatic heterocycles. The molecule has 4 N–H and O–H groups in total. The molecule has 26 heavy (non-hydrogen) atoms. The van der Waals surface area contributed by atoms with Gasteiger partial charge in [-0.25, -0.2) is 4.39 Å². The van der Waals surface area contributed by atoms with Crippen molar-refractivity contribution in [2.24, 2.45) is 0 Å². The van der Waals surface area contributed by atoms with Crippen molar-refractivity contribution in [1.82, 2.24) is 10.6 Å². The van der Waals surface area contributed by atoms with Gasteiger partial charge in [0.1, 0.15) is 5.82 Å². The molecule has 0 unspecified atom stereocenters. The number of thiocarbonyl (C=S) groups is 2. The van der Waals surface area contributed by atoms with Crippen molar-refractivity contribution < 1.29 is 14.0 Å². The van der Waals surface area contributed by atoms with Gasteiger partial charge in [0.05, 0.1) is 5.56 Å². The first-order valence-corrected chi connectivity index (χ1v) is 8.22. The van der Waals surface area contributed by atoms with Gasteiger partial charge in [0.25, 0.3) is 5.91 Å². The number of carbonyl (C=O) groups excluding carboxylic acids is 2. The van der Waals surface area contributed by atoms with E-state index in [1.165, 1.54) is 25.1 Å². The summed E-state index contributed by atoms with van der Waals surface area (Å²) in [6.45, 7) is 1.36. The molecule has 2 aromatic carbocycles. The number of anilines is 2. The number of rotatable bonds is 3. The van der Waals surface area contributed by atoms with Crippen molar-refractivity contribution in [3.05, 3.63) is 59.9 Å². The Labute approximate surface area is 160 Å². The Bertz CT molecular complexity index is 856. The van der Waals surface area contributed by atoms with E-state index in [2.05, 4.69) is 21.3 Å². The molecule has 0 atom stereocenters. The number of amides is 2. The normalized spacial score (nSPS) is 9.77. The monoisotopic (exact) mass is 390 g/mol. The zero-order valence-electron chi connectivity index (χ0n) is 13.6. The van der Waals surface area contributed by atoms with Gasteiger partial charge < -0.3 is 16.0 Å². The van der Waals surface area contributed by atoms with Crippen LogP contribution in [-0.2, 0) is 4.79 Å². The summed E-state index contributed by atoms with van der Waals surface area (Å²) in [5, 5.41) is 10.7. The fourth-order valence-electron chi connectivity index (χ4n) is 1.94. The van der Waals surface area contributed by atoms with Gasteiger partial charge >= 0.3 is 0 Å². The van der Waals surface area contributed by atoms with Crippen LogP contribution in [0, 0.1) is 5.82 Å². The predicted molar refractivity (Wildman–Crippen MR) is 107 cm³/mol. The van der Waals surface area contributed by atoms with E-state index in [0.29, 0.717) is 11.4 Å². The average molecular weight is 390 g/mol. The van der Waals surface area contributed by atoms with Crippen LogP contribution in [0.5, 0.6) is 0 Å². The van der Waals surface area contributed by atoms with Crippen LogP contribution in [0.4, 0.5) is 15.8 Å². The van der Waals surface area contributed by atoms with Crippen molar-refractivity contribution >= 4 is 57.8 Å². The van der Waals surface area contributed by atoms with Crippen LogP contribution in [0.3, 0.4) is 0 Å². The van der Waals surface area contributed by atoms with E-state index in [4.69, 9.17) is 24.4 Å². The van der Waals surface area contributed by atoms with E-state index >= 15 is 0 Å². The highest BCUT2D eigenvalue weighted by Gasteiger charge is 2.12. The lowest BCUT2D eigenvalue weighted by atomic mass is 10.2. The fourth-order valence-corrected chi connectivity index (χ4v) is 2.41. The second-order valence-electron chi connectivity index (χ2n) is 5.10. The van der Waals surface area contributed by atoms with Crippen molar-refractivity contribution in [1.29, 1.82) is 0 Å². The second-order valence-corrected chi connectivity index (χ2v) is 5.92. The lowest BCUT2D eigenvalue weighted by Crippen LogP contribution is -2.34. The molecule has 2 rings (SSSR count). The predicted octanol–water partition coefficient (Wildman–Crippen LogP) is 2.79. The molecule has 0 bridgehead atoms. The minimum absolute atomic E-state index is 0.0349. The topological polar surface area (TPSA) is 82.3 Å². The molecule has 9 heteroatoms. The summed E-state index contributed by atoms with van der Waals surface area (Å²) in [6, 6.07) is 12.4. The van der Waals surface area contributed by atoms with Crippen LogP contribution in [0.2, 0.25) is 0 Å². The van der Waals surface area contributed by atoms with Crippen LogP contribution >= 0.6 is 24.4 Å². The number of benzene rings is 2. The van der Waals surface area contributed by atoms with Crippen LogP contribution in [0.1, 0.15) is 17.3 Å². The van der Waals surface area contributed by atoms with Crippen molar-refractivity contribution in [2.75, 3.05) is 10.6 Å². The van der Waals surface area contributed by atoms with Gasteiger partial charge in [-0.3, -0.25) is 14.9 Å². The van der Waals surface area contributed by atoms with E-state index < -0.39 is 11.7 Å². The second kappa shape index (κ2) is 8.97. The first kappa shape index (κ1) is 19.4.